The van der Waals surface area contributed by atoms with Crippen molar-refractivity contribution in [3.8, 4) is 44.5 Å². The van der Waals surface area contributed by atoms with Gasteiger partial charge in [0.15, 0.2) is 0 Å². The Morgan fingerprint density at radius 3 is 0.982 bits per heavy atom. The molecule has 0 atom stereocenters. The first-order valence-corrected chi connectivity index (χ1v) is 19.7. The molecule has 0 saturated heterocycles. The zero-order valence-corrected chi connectivity index (χ0v) is 31.3. The van der Waals surface area contributed by atoms with Gasteiger partial charge >= 0.3 is 0 Å². The summed E-state index contributed by atoms with van der Waals surface area (Å²) in [5, 5.41) is 0. The van der Waals surface area contributed by atoms with Crippen molar-refractivity contribution in [2.45, 2.75) is 0 Å². The Labute approximate surface area is 334 Å². The predicted molar refractivity (Wildman–Crippen MR) is 242 cm³/mol. The van der Waals surface area contributed by atoms with Gasteiger partial charge in [-0.1, -0.05) is 188 Å². The summed E-state index contributed by atoms with van der Waals surface area (Å²) in [5.41, 5.74) is 20.7. The van der Waals surface area contributed by atoms with Gasteiger partial charge in [-0.05, 0) is 86.2 Å². The summed E-state index contributed by atoms with van der Waals surface area (Å²) in [6.07, 6.45) is 0. The first-order chi connectivity index (χ1) is 28.3. The third-order valence-electron chi connectivity index (χ3n) is 11.7. The Morgan fingerprint density at radius 2 is 0.596 bits per heavy atom. The molecule has 3 heteroatoms. The standard InChI is InChI=1S/C54H37BN2/c1-5-16-38(17-6-1)40-30-34-44(35-31-40)56-50-28-15-29-51-52(50)55(48-26-13-24-46(53(48)56)42-20-9-3-10-21-42)49-27-14-25-47(43-22-11-4-12-23-43)54(49)57(51)45-36-32-41(33-37-45)39-18-7-2-8-19-39/h1-37H. The molecule has 0 aromatic heterocycles. The molecule has 0 fully saturated rings. The van der Waals surface area contributed by atoms with Crippen LogP contribution in [-0.4, -0.2) is 6.71 Å². The Morgan fingerprint density at radius 1 is 0.263 bits per heavy atom. The summed E-state index contributed by atoms with van der Waals surface area (Å²) in [6, 6.07) is 81.9. The van der Waals surface area contributed by atoms with Gasteiger partial charge in [0.05, 0.1) is 0 Å². The maximum Gasteiger partial charge on any atom is 0.252 e. The minimum absolute atomic E-state index is 0.00760. The van der Waals surface area contributed by atoms with Crippen molar-refractivity contribution in [3.05, 3.63) is 224 Å². The van der Waals surface area contributed by atoms with E-state index in [0.717, 1.165) is 11.4 Å². The highest BCUT2D eigenvalue weighted by molar-refractivity contribution is 7.00. The van der Waals surface area contributed by atoms with Gasteiger partial charge in [0, 0.05) is 45.3 Å². The summed E-state index contributed by atoms with van der Waals surface area (Å²) >= 11 is 0. The fourth-order valence-electron chi connectivity index (χ4n) is 9.14. The number of rotatable bonds is 6. The fraction of sp³-hybridized carbons (Fsp3) is 0. The summed E-state index contributed by atoms with van der Waals surface area (Å²) in [4.78, 5) is 5.04. The summed E-state index contributed by atoms with van der Waals surface area (Å²) in [6.45, 7) is 0.00760. The van der Waals surface area contributed by atoms with Crippen LogP contribution in [0.4, 0.5) is 34.1 Å². The van der Waals surface area contributed by atoms with Crippen molar-refractivity contribution in [2.24, 2.45) is 0 Å². The van der Waals surface area contributed by atoms with Crippen molar-refractivity contribution in [1.82, 2.24) is 0 Å². The molecule has 0 N–H and O–H groups in total. The fourth-order valence-corrected chi connectivity index (χ4v) is 9.14. The number of hydrogen-bond donors (Lipinski definition) is 0. The number of fused-ring (bicyclic) bond motifs is 4. The third-order valence-corrected chi connectivity index (χ3v) is 11.7. The molecule has 11 rings (SSSR count). The van der Waals surface area contributed by atoms with Gasteiger partial charge in [-0.2, -0.15) is 0 Å². The molecule has 2 aliphatic rings. The van der Waals surface area contributed by atoms with E-state index in [1.54, 1.807) is 0 Å². The van der Waals surface area contributed by atoms with Crippen LogP contribution in [0.1, 0.15) is 0 Å². The second-order valence-electron chi connectivity index (χ2n) is 14.9. The van der Waals surface area contributed by atoms with E-state index in [4.69, 9.17) is 0 Å². The largest absolute Gasteiger partial charge is 0.311 e. The molecule has 57 heavy (non-hydrogen) atoms. The van der Waals surface area contributed by atoms with Crippen molar-refractivity contribution in [1.29, 1.82) is 0 Å². The lowest BCUT2D eigenvalue weighted by Gasteiger charge is -2.45. The van der Waals surface area contributed by atoms with Crippen LogP contribution in [0.3, 0.4) is 0 Å². The molecule has 0 saturated carbocycles. The molecule has 9 aromatic carbocycles. The van der Waals surface area contributed by atoms with E-state index in [-0.39, 0.29) is 6.71 Å². The third kappa shape index (κ3) is 5.51. The van der Waals surface area contributed by atoms with Gasteiger partial charge in [-0.15, -0.1) is 0 Å². The number of benzene rings is 9. The molecule has 9 aromatic rings. The van der Waals surface area contributed by atoms with Crippen LogP contribution in [0.5, 0.6) is 0 Å². The van der Waals surface area contributed by atoms with Gasteiger partial charge in [0.2, 0.25) is 0 Å². The molecule has 0 spiro atoms. The van der Waals surface area contributed by atoms with Crippen LogP contribution in [0, 0.1) is 0 Å². The Bertz CT molecular complexity index is 2680. The molecule has 2 nitrogen and oxygen atoms in total. The molecule has 0 amide bonds. The smallest absolute Gasteiger partial charge is 0.252 e. The van der Waals surface area contributed by atoms with E-state index in [0.29, 0.717) is 0 Å². The van der Waals surface area contributed by atoms with Crippen LogP contribution in [0.15, 0.2) is 224 Å². The minimum atomic E-state index is 0.00760. The molecule has 0 aliphatic carbocycles. The van der Waals surface area contributed by atoms with E-state index in [9.17, 15) is 0 Å². The zero-order chi connectivity index (χ0) is 37.7. The number of hydrogen-bond acceptors (Lipinski definition) is 2. The van der Waals surface area contributed by atoms with Gasteiger partial charge in [0.25, 0.3) is 6.71 Å². The lowest BCUT2D eigenvalue weighted by molar-refractivity contribution is 1.25. The molecule has 2 heterocycles. The van der Waals surface area contributed by atoms with Gasteiger partial charge in [-0.25, -0.2) is 0 Å². The summed E-state index contributed by atoms with van der Waals surface area (Å²) in [5.74, 6) is 0. The number of anilines is 6. The van der Waals surface area contributed by atoms with Crippen molar-refractivity contribution < 1.29 is 0 Å². The van der Waals surface area contributed by atoms with Crippen molar-refractivity contribution >= 4 is 57.2 Å². The highest BCUT2D eigenvalue weighted by Crippen LogP contribution is 2.48. The first-order valence-electron chi connectivity index (χ1n) is 19.7. The van der Waals surface area contributed by atoms with E-state index in [2.05, 4.69) is 234 Å². The van der Waals surface area contributed by atoms with Crippen molar-refractivity contribution in [3.63, 3.8) is 0 Å². The molecular weight excluding hydrogens is 687 g/mol. The highest BCUT2D eigenvalue weighted by Gasteiger charge is 2.44. The van der Waals surface area contributed by atoms with Crippen LogP contribution < -0.4 is 26.2 Å². The van der Waals surface area contributed by atoms with E-state index >= 15 is 0 Å². The Balaban J connectivity index is 1.18. The zero-order valence-electron chi connectivity index (χ0n) is 31.3. The van der Waals surface area contributed by atoms with E-state index < -0.39 is 0 Å². The van der Waals surface area contributed by atoms with Gasteiger partial charge in [-0.3, -0.25) is 0 Å². The first kappa shape index (κ1) is 33.0. The maximum atomic E-state index is 2.52. The van der Waals surface area contributed by atoms with Crippen LogP contribution in [0.25, 0.3) is 44.5 Å². The van der Waals surface area contributed by atoms with Crippen LogP contribution in [-0.2, 0) is 0 Å². The van der Waals surface area contributed by atoms with Gasteiger partial charge < -0.3 is 9.80 Å². The monoisotopic (exact) mass is 724 g/mol. The lowest BCUT2D eigenvalue weighted by atomic mass is 9.33. The number of nitrogens with zero attached hydrogens (tertiary/aromatic N) is 2. The van der Waals surface area contributed by atoms with E-state index in [1.807, 2.05) is 0 Å². The topological polar surface area (TPSA) is 6.48 Å². The molecule has 0 radical (unpaired) electrons. The van der Waals surface area contributed by atoms with Crippen LogP contribution >= 0.6 is 0 Å². The molecular formula is C54H37BN2. The minimum Gasteiger partial charge on any atom is -0.311 e. The number of para-hydroxylation sites is 2. The second-order valence-corrected chi connectivity index (χ2v) is 14.9. The molecule has 0 bridgehead atoms. The quantitative estimate of drug-likeness (QED) is 0.158. The summed E-state index contributed by atoms with van der Waals surface area (Å²) < 4.78 is 0. The second kappa shape index (κ2) is 13.7. The molecule has 2 aliphatic heterocycles. The average molecular weight is 725 g/mol. The normalized spacial score (nSPS) is 12.5. The SMILES string of the molecule is c1ccc(-c2ccc(N3c4cccc5c4B(c4cccc(-c6ccccc6)c43)c3cccc(-c4ccccc4)c3N5c3ccc(-c4ccccc4)cc3)cc2)cc1. The summed E-state index contributed by atoms with van der Waals surface area (Å²) in [7, 11) is 0. The van der Waals surface area contributed by atoms with Crippen molar-refractivity contribution in [2.75, 3.05) is 9.80 Å². The molecule has 266 valence electrons. The average Bonchev–Trinajstić information content (AvgIpc) is 3.30. The predicted octanol–water partition coefficient (Wildman–Crippen LogP) is 12.4. The molecule has 0 unspecified atom stereocenters. The highest BCUT2D eigenvalue weighted by atomic mass is 15.2. The Hall–Kier alpha value is -7.36. The van der Waals surface area contributed by atoms with E-state index in [1.165, 1.54) is 83.6 Å². The van der Waals surface area contributed by atoms with Gasteiger partial charge in [0.1, 0.15) is 0 Å². The maximum absolute atomic E-state index is 2.52. The van der Waals surface area contributed by atoms with Crippen LogP contribution in [0.2, 0.25) is 0 Å². The Kier molecular flexibility index (Phi) is 7.96. The lowest BCUT2D eigenvalue weighted by Crippen LogP contribution is -2.61.